The topological polar surface area (TPSA) is 70.1 Å². The highest BCUT2D eigenvalue weighted by Gasteiger charge is 2.32. The van der Waals surface area contributed by atoms with Crippen LogP contribution in [0.3, 0.4) is 0 Å². The van der Waals surface area contributed by atoms with Crippen LogP contribution in [0.4, 0.5) is 4.79 Å². The molecule has 6 nitrogen and oxygen atoms in total. The van der Waals surface area contributed by atoms with Gasteiger partial charge in [-0.25, -0.2) is 9.86 Å². The van der Waals surface area contributed by atoms with Crippen molar-refractivity contribution in [1.82, 2.24) is 9.96 Å². The van der Waals surface area contributed by atoms with Gasteiger partial charge in [0.2, 0.25) is 5.91 Å². The van der Waals surface area contributed by atoms with Crippen LogP contribution in [0.5, 0.6) is 0 Å². The Morgan fingerprint density at radius 2 is 1.79 bits per heavy atom. The van der Waals surface area contributed by atoms with E-state index in [-0.39, 0.29) is 17.9 Å². The molecule has 1 N–H and O–H groups in total. The van der Waals surface area contributed by atoms with Crippen LogP contribution in [-0.4, -0.2) is 47.3 Å². The Hall–Kier alpha value is -1.79. The lowest BCUT2D eigenvalue weighted by Crippen LogP contribution is -2.43. The fourth-order valence-electron chi connectivity index (χ4n) is 3.12. The van der Waals surface area contributed by atoms with Crippen LogP contribution in [0, 0.1) is 5.92 Å². The summed E-state index contributed by atoms with van der Waals surface area (Å²) < 4.78 is 0. The summed E-state index contributed by atoms with van der Waals surface area (Å²) in [6.07, 6.45) is 1.75. The van der Waals surface area contributed by atoms with Gasteiger partial charge in [-0.1, -0.05) is 23.7 Å². The van der Waals surface area contributed by atoms with Crippen LogP contribution in [0.15, 0.2) is 24.3 Å². The van der Waals surface area contributed by atoms with E-state index in [1.54, 1.807) is 19.2 Å². The highest BCUT2D eigenvalue weighted by Crippen LogP contribution is 2.30. The zero-order valence-corrected chi connectivity index (χ0v) is 14.7. The van der Waals surface area contributed by atoms with Crippen LogP contribution >= 0.6 is 11.6 Å². The molecule has 1 fully saturated rings. The van der Waals surface area contributed by atoms with Gasteiger partial charge in [-0.05, 0) is 43.4 Å². The lowest BCUT2D eigenvalue weighted by molar-refractivity contribution is -0.174. The number of carboxylic acid groups (broad SMARTS) is 1. The average molecular weight is 355 g/mol. The van der Waals surface area contributed by atoms with Crippen molar-refractivity contribution >= 4 is 23.6 Å². The first kappa shape index (κ1) is 18.5. The van der Waals surface area contributed by atoms with E-state index in [4.69, 9.17) is 16.4 Å². The molecule has 0 aliphatic heterocycles. The smallest absolute Gasteiger partial charge is 0.407 e. The van der Waals surface area contributed by atoms with E-state index in [0.29, 0.717) is 37.3 Å². The Morgan fingerprint density at radius 3 is 2.29 bits per heavy atom. The monoisotopic (exact) mass is 354 g/mol. The number of carbonyl (C=O) groups is 2. The third kappa shape index (κ3) is 4.61. The number of benzene rings is 1. The maximum absolute atomic E-state index is 12.1. The lowest BCUT2D eigenvalue weighted by atomic mass is 9.84. The predicted octanol–water partition coefficient (Wildman–Crippen LogP) is 3.40. The van der Waals surface area contributed by atoms with Gasteiger partial charge >= 0.3 is 6.09 Å². The predicted molar refractivity (Wildman–Crippen MR) is 90.5 cm³/mol. The minimum absolute atomic E-state index is 0.0458. The molecule has 0 atom stereocenters. The first-order valence-electron chi connectivity index (χ1n) is 7.98. The summed E-state index contributed by atoms with van der Waals surface area (Å²) in [5, 5.41) is 11.4. The third-order valence-electron chi connectivity index (χ3n) is 4.58. The number of rotatable bonds is 5. The summed E-state index contributed by atoms with van der Waals surface area (Å²) in [6, 6.07) is 7.11. The highest BCUT2D eigenvalue weighted by atomic mass is 35.5. The van der Waals surface area contributed by atoms with Crippen molar-refractivity contribution in [3.05, 3.63) is 34.9 Å². The van der Waals surface area contributed by atoms with Crippen molar-refractivity contribution in [3.8, 4) is 0 Å². The number of hydroxylamine groups is 2. The number of halogens is 1. The van der Waals surface area contributed by atoms with Crippen LogP contribution in [0.1, 0.15) is 31.2 Å². The summed E-state index contributed by atoms with van der Waals surface area (Å²) in [5.74, 6) is -0.145. The molecular formula is C17H23ClN2O4. The number of amides is 2. The molecule has 0 spiro atoms. The van der Waals surface area contributed by atoms with Crippen molar-refractivity contribution < 1.29 is 19.5 Å². The van der Waals surface area contributed by atoms with Gasteiger partial charge in [0, 0.05) is 30.6 Å². The van der Waals surface area contributed by atoms with E-state index in [9.17, 15) is 14.7 Å². The summed E-state index contributed by atoms with van der Waals surface area (Å²) in [4.78, 5) is 30.2. The van der Waals surface area contributed by atoms with Gasteiger partial charge in [0.25, 0.3) is 0 Å². The van der Waals surface area contributed by atoms with Crippen LogP contribution < -0.4 is 0 Å². The normalized spacial score (nSPS) is 20.5. The summed E-state index contributed by atoms with van der Waals surface area (Å²) in [5.41, 5.74) is 0.902. The first-order valence-corrected chi connectivity index (χ1v) is 8.36. The molecule has 0 aromatic heterocycles. The van der Waals surface area contributed by atoms with Gasteiger partial charge in [0.15, 0.2) is 0 Å². The number of nitrogens with zero attached hydrogens (tertiary/aromatic N) is 2. The molecule has 1 saturated carbocycles. The fraction of sp³-hybridized carbons (Fsp3) is 0.529. The van der Waals surface area contributed by atoms with Crippen molar-refractivity contribution in [2.45, 2.75) is 38.3 Å². The zero-order chi connectivity index (χ0) is 17.7. The lowest BCUT2D eigenvalue weighted by Gasteiger charge is -2.35. The Morgan fingerprint density at radius 1 is 1.21 bits per heavy atom. The van der Waals surface area contributed by atoms with Crippen LogP contribution in [-0.2, 0) is 16.2 Å². The van der Waals surface area contributed by atoms with Crippen LogP contribution in [0.2, 0.25) is 5.02 Å². The Kier molecular flexibility index (Phi) is 6.45. The second-order valence-electron chi connectivity index (χ2n) is 6.06. The van der Waals surface area contributed by atoms with E-state index < -0.39 is 6.09 Å². The van der Waals surface area contributed by atoms with Crippen LogP contribution in [0.25, 0.3) is 0 Å². The molecule has 0 heterocycles. The van der Waals surface area contributed by atoms with Crippen molar-refractivity contribution in [1.29, 1.82) is 0 Å². The largest absolute Gasteiger partial charge is 0.465 e. The molecule has 132 valence electrons. The Balaban J connectivity index is 1.97. The van der Waals surface area contributed by atoms with Gasteiger partial charge in [-0.2, -0.15) is 0 Å². The summed E-state index contributed by atoms with van der Waals surface area (Å²) in [6.45, 7) is 0.327. The minimum atomic E-state index is -0.936. The molecule has 0 bridgehead atoms. The van der Waals surface area contributed by atoms with E-state index in [2.05, 4.69) is 0 Å². The van der Waals surface area contributed by atoms with Gasteiger partial charge in [-0.3, -0.25) is 9.63 Å². The first-order chi connectivity index (χ1) is 11.4. The van der Waals surface area contributed by atoms with Gasteiger partial charge < -0.3 is 10.0 Å². The molecule has 0 radical (unpaired) electrons. The Bertz CT molecular complexity index is 570. The molecule has 1 aromatic rings. The maximum Gasteiger partial charge on any atom is 0.407 e. The highest BCUT2D eigenvalue weighted by molar-refractivity contribution is 6.30. The van der Waals surface area contributed by atoms with Gasteiger partial charge in [-0.15, -0.1) is 0 Å². The molecule has 1 aliphatic rings. The molecule has 1 aliphatic carbocycles. The minimum Gasteiger partial charge on any atom is -0.465 e. The van der Waals surface area contributed by atoms with E-state index in [1.165, 1.54) is 17.1 Å². The molecule has 2 amide bonds. The SMILES string of the molecule is CON(C)C(=O)C1CCC(N(Cc2ccc(Cl)cc2)C(=O)O)CC1. The van der Waals surface area contributed by atoms with E-state index >= 15 is 0 Å². The van der Waals surface area contributed by atoms with Crippen molar-refractivity contribution in [2.24, 2.45) is 5.92 Å². The third-order valence-corrected chi connectivity index (χ3v) is 4.83. The Labute approximate surface area is 146 Å². The van der Waals surface area contributed by atoms with Crippen molar-refractivity contribution in [2.75, 3.05) is 14.2 Å². The zero-order valence-electron chi connectivity index (χ0n) is 13.9. The van der Waals surface area contributed by atoms with Gasteiger partial charge in [0.05, 0.1) is 7.11 Å². The van der Waals surface area contributed by atoms with E-state index in [0.717, 1.165) is 5.56 Å². The molecule has 24 heavy (non-hydrogen) atoms. The molecule has 2 rings (SSSR count). The number of hydrogen-bond acceptors (Lipinski definition) is 3. The number of carbonyl (C=O) groups excluding carboxylic acids is 1. The standard InChI is InChI=1S/C17H23ClN2O4/c1-19(24-2)16(21)13-5-9-15(10-6-13)20(17(22)23)11-12-3-7-14(18)8-4-12/h3-4,7-8,13,15H,5-6,9-11H2,1-2H3,(H,22,23). The number of hydrogen-bond donors (Lipinski definition) is 1. The molecule has 1 aromatic carbocycles. The molecular weight excluding hydrogens is 332 g/mol. The average Bonchev–Trinajstić information content (AvgIpc) is 2.59. The van der Waals surface area contributed by atoms with Gasteiger partial charge in [0.1, 0.15) is 0 Å². The maximum atomic E-state index is 12.1. The van der Waals surface area contributed by atoms with Crippen molar-refractivity contribution in [3.63, 3.8) is 0 Å². The fourth-order valence-corrected chi connectivity index (χ4v) is 3.25. The molecule has 7 heteroatoms. The molecule has 0 unspecified atom stereocenters. The second kappa shape index (κ2) is 8.35. The second-order valence-corrected chi connectivity index (χ2v) is 6.50. The summed E-state index contributed by atoms with van der Waals surface area (Å²) in [7, 11) is 3.06. The quantitative estimate of drug-likeness (QED) is 0.823. The van der Waals surface area contributed by atoms with E-state index in [1.807, 2.05) is 12.1 Å². The molecule has 0 saturated heterocycles. The summed E-state index contributed by atoms with van der Waals surface area (Å²) >= 11 is 5.87.